The average Bonchev–Trinajstić information content (AvgIpc) is 3.17. The predicted molar refractivity (Wildman–Crippen MR) is 186 cm³/mol. The van der Waals surface area contributed by atoms with E-state index in [1.54, 1.807) is 182 Å². The zero-order chi connectivity index (χ0) is 35.2. The molecule has 0 unspecified atom stereocenters. The first-order valence-electron chi connectivity index (χ1n) is 15.3. The Morgan fingerprint density at radius 1 is 0.340 bits per heavy atom. The second kappa shape index (κ2) is 14.3. The Morgan fingerprint density at radius 3 is 0.660 bits per heavy atom. The minimum atomic E-state index is -5.66. The number of hydrogen-bond donors (Lipinski definition) is 0. The fraction of sp³-hybridized carbons (Fsp3) is 0.0500. The Balaban J connectivity index is 1.45. The van der Waals surface area contributed by atoms with Gasteiger partial charge in [0.25, 0.3) is 0 Å². The van der Waals surface area contributed by atoms with Gasteiger partial charge in [0.1, 0.15) is 0 Å². The van der Waals surface area contributed by atoms with Crippen LogP contribution in [0.15, 0.2) is 211 Å². The maximum absolute atomic E-state index is 16.2. The summed E-state index contributed by atoms with van der Waals surface area (Å²) in [6.07, 6.45) is 0. The van der Waals surface area contributed by atoms with Crippen molar-refractivity contribution in [3.63, 3.8) is 0 Å². The maximum Gasteiger partial charge on any atom is 0.416 e. The van der Waals surface area contributed by atoms with Crippen molar-refractivity contribution in [2.45, 2.75) is 41.2 Å². The normalized spacial score (nSPS) is 12.8. The molecule has 0 spiro atoms. The van der Waals surface area contributed by atoms with Crippen molar-refractivity contribution in [1.29, 1.82) is 0 Å². The molecule has 0 amide bonds. The SMILES string of the molecule is O=C(OS(c1ccccc1)(c1ccccc1)c1ccccc1)C(F)(F)C(F)(F)C(=O)OS(c1ccccc1)(c1ccccc1)c1ccccc1. The van der Waals surface area contributed by atoms with Crippen molar-refractivity contribution in [2.24, 2.45) is 0 Å². The number of carbonyl (C=O) groups is 2. The van der Waals surface area contributed by atoms with E-state index in [1.165, 1.54) is 0 Å². The van der Waals surface area contributed by atoms with Gasteiger partial charge in [0.2, 0.25) is 0 Å². The summed E-state index contributed by atoms with van der Waals surface area (Å²) in [6, 6.07) is 48.5. The van der Waals surface area contributed by atoms with Crippen LogP contribution < -0.4 is 0 Å². The van der Waals surface area contributed by atoms with Gasteiger partial charge >= 0.3 is 23.8 Å². The Morgan fingerprint density at radius 2 is 0.500 bits per heavy atom. The molecule has 4 nitrogen and oxygen atoms in total. The van der Waals surface area contributed by atoms with Crippen LogP contribution in [0.3, 0.4) is 0 Å². The van der Waals surface area contributed by atoms with Crippen LogP contribution in [0.25, 0.3) is 0 Å². The summed E-state index contributed by atoms with van der Waals surface area (Å²) in [5, 5.41) is 0. The lowest BCUT2D eigenvalue weighted by Gasteiger charge is -2.42. The smallest absolute Gasteiger partial charge is 0.397 e. The molecule has 6 aromatic carbocycles. The summed E-state index contributed by atoms with van der Waals surface area (Å²) in [5.74, 6) is -16.5. The summed E-state index contributed by atoms with van der Waals surface area (Å²) in [7, 11) is -6.75. The molecule has 0 aliphatic heterocycles. The van der Waals surface area contributed by atoms with E-state index >= 15 is 17.6 Å². The van der Waals surface area contributed by atoms with Crippen LogP contribution in [-0.2, 0) is 18.0 Å². The summed E-state index contributed by atoms with van der Waals surface area (Å²) in [5.41, 5.74) is 0. The molecular formula is C40H30F4O4S2. The molecule has 0 aliphatic carbocycles. The number of halogens is 4. The number of rotatable bonds is 11. The van der Waals surface area contributed by atoms with Gasteiger partial charge < -0.3 is 8.37 Å². The van der Waals surface area contributed by atoms with Crippen LogP contribution >= 0.6 is 20.6 Å². The third-order valence-electron chi connectivity index (χ3n) is 7.76. The van der Waals surface area contributed by atoms with E-state index in [4.69, 9.17) is 8.37 Å². The standard InChI is InChI=1S/C40H30F4O4S2/c41-39(42,37(45)47-49(31-19-7-1-8-20-31,32-21-9-2-10-22-32)33-23-11-3-12-24-33)40(43,44)38(46)48-50(34-25-13-4-14-26-34,35-27-15-5-16-28-35)36-29-17-6-18-30-36/h1-30H. The lowest BCUT2D eigenvalue weighted by Crippen LogP contribution is -2.54. The molecule has 6 aromatic rings. The highest BCUT2D eigenvalue weighted by Gasteiger charge is 2.71. The van der Waals surface area contributed by atoms with E-state index in [1.807, 2.05) is 0 Å². The van der Waals surface area contributed by atoms with E-state index in [0.29, 0.717) is 29.4 Å². The Kier molecular flexibility index (Phi) is 9.86. The number of alkyl halides is 4. The number of hydrogen-bond acceptors (Lipinski definition) is 4. The lowest BCUT2D eigenvalue weighted by atomic mass is 10.2. The first-order chi connectivity index (χ1) is 24.1. The number of carbonyl (C=O) groups excluding carboxylic acids is 2. The van der Waals surface area contributed by atoms with Crippen molar-refractivity contribution < 1.29 is 35.5 Å². The van der Waals surface area contributed by atoms with Crippen molar-refractivity contribution in [1.82, 2.24) is 0 Å². The molecule has 0 fully saturated rings. The van der Waals surface area contributed by atoms with Gasteiger partial charge in [-0.2, -0.15) is 17.6 Å². The zero-order valence-electron chi connectivity index (χ0n) is 26.3. The third kappa shape index (κ3) is 6.16. The molecule has 0 saturated carbocycles. The van der Waals surface area contributed by atoms with Crippen LogP contribution in [0.1, 0.15) is 0 Å². The first-order valence-corrected chi connectivity index (χ1v) is 18.5. The van der Waals surface area contributed by atoms with E-state index < -0.39 is 44.4 Å². The Bertz CT molecular complexity index is 1690. The Labute approximate surface area is 290 Å². The van der Waals surface area contributed by atoms with Gasteiger partial charge in [0.15, 0.2) is 0 Å². The van der Waals surface area contributed by atoms with Crippen LogP contribution in [0, 0.1) is 0 Å². The second-order valence-electron chi connectivity index (χ2n) is 10.9. The van der Waals surface area contributed by atoms with Crippen LogP contribution in [0.4, 0.5) is 17.6 Å². The van der Waals surface area contributed by atoms with E-state index in [-0.39, 0.29) is 0 Å². The molecule has 0 radical (unpaired) electrons. The highest BCUT2D eigenvalue weighted by atomic mass is 32.3. The topological polar surface area (TPSA) is 52.6 Å². The lowest BCUT2D eigenvalue weighted by molar-refractivity contribution is -0.227. The summed E-state index contributed by atoms with van der Waals surface area (Å²) >= 11 is 0. The molecule has 0 aromatic heterocycles. The monoisotopic (exact) mass is 714 g/mol. The predicted octanol–water partition coefficient (Wildman–Crippen LogP) is 11.1. The summed E-state index contributed by atoms with van der Waals surface area (Å²) < 4.78 is 76.2. The van der Waals surface area contributed by atoms with Gasteiger partial charge in [0.05, 0.1) is 0 Å². The fourth-order valence-electron chi connectivity index (χ4n) is 5.37. The second-order valence-corrected chi connectivity index (χ2v) is 16.3. The molecule has 254 valence electrons. The van der Waals surface area contributed by atoms with Crippen molar-refractivity contribution in [3.8, 4) is 0 Å². The maximum atomic E-state index is 16.2. The van der Waals surface area contributed by atoms with Gasteiger partial charge in [0, 0.05) is 29.4 Å². The van der Waals surface area contributed by atoms with E-state index in [9.17, 15) is 9.59 Å². The van der Waals surface area contributed by atoms with Gasteiger partial charge in [-0.3, -0.25) is 0 Å². The minimum Gasteiger partial charge on any atom is -0.397 e. The first kappa shape index (κ1) is 34.5. The van der Waals surface area contributed by atoms with Gasteiger partial charge in [-0.05, 0) is 93.4 Å². The highest BCUT2D eigenvalue weighted by molar-refractivity contribution is 8.30. The molecule has 0 saturated heterocycles. The largest absolute Gasteiger partial charge is 0.416 e. The van der Waals surface area contributed by atoms with Crippen molar-refractivity contribution in [3.05, 3.63) is 182 Å². The zero-order valence-corrected chi connectivity index (χ0v) is 27.9. The van der Waals surface area contributed by atoms with Crippen LogP contribution in [0.5, 0.6) is 0 Å². The molecule has 0 heterocycles. The molecule has 6 rings (SSSR count). The summed E-state index contributed by atoms with van der Waals surface area (Å²) in [6.45, 7) is 0. The highest BCUT2D eigenvalue weighted by Crippen LogP contribution is 2.71. The molecule has 50 heavy (non-hydrogen) atoms. The van der Waals surface area contributed by atoms with E-state index in [0.717, 1.165) is 0 Å². The quantitative estimate of drug-likeness (QED) is 0.125. The van der Waals surface area contributed by atoms with Crippen molar-refractivity contribution in [2.75, 3.05) is 0 Å². The van der Waals surface area contributed by atoms with E-state index in [2.05, 4.69) is 0 Å². The van der Waals surface area contributed by atoms with Gasteiger partial charge in [-0.25, -0.2) is 9.59 Å². The average molecular weight is 715 g/mol. The summed E-state index contributed by atoms with van der Waals surface area (Å²) in [4.78, 5) is 29.2. The van der Waals surface area contributed by atoms with Gasteiger partial charge in [-0.15, -0.1) is 0 Å². The third-order valence-corrected chi connectivity index (χ3v) is 14.2. The van der Waals surface area contributed by atoms with Crippen LogP contribution in [-0.4, -0.2) is 23.8 Å². The molecule has 0 aliphatic rings. The molecule has 0 bridgehead atoms. The van der Waals surface area contributed by atoms with Gasteiger partial charge in [-0.1, -0.05) is 109 Å². The minimum absolute atomic E-state index is 0.299. The molecular weight excluding hydrogens is 685 g/mol. The van der Waals surface area contributed by atoms with Crippen molar-refractivity contribution >= 4 is 32.6 Å². The molecule has 0 N–H and O–H groups in total. The molecule has 0 atom stereocenters. The van der Waals surface area contributed by atoms with Crippen LogP contribution in [0.2, 0.25) is 0 Å². The fourth-order valence-corrected chi connectivity index (χ4v) is 11.5. The Hall–Kier alpha value is -5.32. The number of benzene rings is 6. The molecule has 10 heteroatoms.